The summed E-state index contributed by atoms with van der Waals surface area (Å²) in [6.45, 7) is 0. The lowest BCUT2D eigenvalue weighted by Crippen LogP contribution is -2.14. The molecule has 8 heteroatoms. The van der Waals surface area contributed by atoms with Gasteiger partial charge < -0.3 is 5.73 Å². The van der Waals surface area contributed by atoms with Crippen molar-refractivity contribution < 1.29 is 0 Å². The van der Waals surface area contributed by atoms with Crippen molar-refractivity contribution in [1.29, 1.82) is 5.41 Å². The van der Waals surface area contributed by atoms with Crippen molar-refractivity contribution in [3.05, 3.63) is 46.5 Å². The molecule has 0 spiro atoms. The molecule has 0 bridgehead atoms. The molecule has 0 aliphatic carbocycles. The Morgan fingerprint density at radius 2 is 2.19 bits per heavy atom. The number of fused-ring (bicyclic) bond motifs is 1. The van der Waals surface area contributed by atoms with E-state index in [1.807, 2.05) is 24.3 Å². The molecule has 0 aliphatic heterocycles. The van der Waals surface area contributed by atoms with Crippen LogP contribution in [0.5, 0.6) is 0 Å². The van der Waals surface area contributed by atoms with Gasteiger partial charge >= 0.3 is 5.69 Å². The number of nitrogens with two attached hydrogens (primary N) is 1. The summed E-state index contributed by atoms with van der Waals surface area (Å²) in [5.74, 6) is -0.0729. The number of aromatic nitrogens is 4. The van der Waals surface area contributed by atoms with Crippen LogP contribution in [0.1, 0.15) is 5.56 Å². The molecule has 0 fully saturated rings. The maximum atomic E-state index is 11.5. The summed E-state index contributed by atoms with van der Waals surface area (Å²) in [5.41, 5.74) is 6.66. The Hall–Kier alpha value is -2.61. The van der Waals surface area contributed by atoms with E-state index in [0.717, 1.165) is 15.8 Å². The van der Waals surface area contributed by atoms with Crippen LogP contribution < -0.4 is 11.4 Å². The first-order chi connectivity index (χ1) is 10.1. The maximum absolute atomic E-state index is 11.5. The van der Waals surface area contributed by atoms with E-state index in [9.17, 15) is 4.79 Å². The Kier molecular flexibility index (Phi) is 3.22. The number of benzene rings is 1. The van der Waals surface area contributed by atoms with Crippen molar-refractivity contribution in [3.8, 4) is 0 Å². The number of pyridine rings is 1. The number of H-pyrrole nitrogens is 1. The van der Waals surface area contributed by atoms with E-state index in [4.69, 9.17) is 11.1 Å². The first-order valence-corrected chi connectivity index (χ1v) is 6.91. The van der Waals surface area contributed by atoms with Gasteiger partial charge in [0.25, 0.3) is 0 Å². The van der Waals surface area contributed by atoms with Crippen molar-refractivity contribution in [2.75, 3.05) is 0 Å². The van der Waals surface area contributed by atoms with E-state index in [1.165, 1.54) is 16.3 Å². The Morgan fingerprint density at radius 1 is 1.43 bits per heavy atom. The molecule has 0 amide bonds. The quantitative estimate of drug-likeness (QED) is 0.495. The molecule has 0 atom stereocenters. The van der Waals surface area contributed by atoms with Gasteiger partial charge in [-0.2, -0.15) is 0 Å². The predicted octanol–water partition coefficient (Wildman–Crippen LogP) is 1.09. The topological polar surface area (TPSA) is 113 Å². The Labute approximate surface area is 123 Å². The molecule has 0 radical (unpaired) electrons. The summed E-state index contributed by atoms with van der Waals surface area (Å²) in [4.78, 5) is 16.5. The smallest absolute Gasteiger partial charge is 0.343 e. The molecule has 7 nitrogen and oxygen atoms in total. The number of amidine groups is 1. The summed E-state index contributed by atoms with van der Waals surface area (Å²) in [7, 11) is 1.63. The number of aromatic amines is 1. The van der Waals surface area contributed by atoms with Crippen LogP contribution in [0.2, 0.25) is 0 Å². The van der Waals surface area contributed by atoms with Crippen LogP contribution in [0.15, 0.2) is 45.3 Å². The second-order valence-corrected chi connectivity index (χ2v) is 5.38. The highest BCUT2D eigenvalue weighted by Crippen LogP contribution is 2.33. The third-order valence-electron chi connectivity index (χ3n) is 3.05. The van der Waals surface area contributed by atoms with Gasteiger partial charge in [0.2, 0.25) is 0 Å². The van der Waals surface area contributed by atoms with E-state index < -0.39 is 0 Å². The highest BCUT2D eigenvalue weighted by atomic mass is 32.2. The van der Waals surface area contributed by atoms with Gasteiger partial charge in [0, 0.05) is 29.1 Å². The van der Waals surface area contributed by atoms with Crippen molar-refractivity contribution in [1.82, 2.24) is 19.7 Å². The van der Waals surface area contributed by atoms with Gasteiger partial charge in [-0.3, -0.25) is 15.0 Å². The molecular formula is C13H12N6OS. The molecule has 3 rings (SSSR count). The Bertz CT molecular complexity index is 897. The fraction of sp³-hybridized carbons (Fsp3) is 0.0769. The Balaban J connectivity index is 2.23. The monoisotopic (exact) mass is 300 g/mol. The number of nitrogens with one attached hydrogen (secondary N) is 2. The number of para-hydroxylation sites is 1. The predicted molar refractivity (Wildman–Crippen MR) is 80.7 cm³/mol. The summed E-state index contributed by atoms with van der Waals surface area (Å²) in [6, 6.07) is 7.57. The van der Waals surface area contributed by atoms with E-state index in [-0.39, 0.29) is 11.5 Å². The molecule has 21 heavy (non-hydrogen) atoms. The molecule has 4 N–H and O–H groups in total. The third-order valence-corrected chi connectivity index (χ3v) is 4.24. The Morgan fingerprint density at radius 3 is 2.86 bits per heavy atom. The van der Waals surface area contributed by atoms with Crippen LogP contribution >= 0.6 is 11.8 Å². The molecule has 0 saturated carbocycles. The van der Waals surface area contributed by atoms with Gasteiger partial charge in [-0.15, -0.1) is 5.10 Å². The lowest BCUT2D eigenvalue weighted by atomic mass is 10.1. The molecule has 1 aromatic carbocycles. The number of rotatable bonds is 3. The van der Waals surface area contributed by atoms with E-state index in [0.29, 0.717) is 10.7 Å². The molecule has 2 aromatic heterocycles. The molecule has 0 saturated heterocycles. The number of hydrogen-bond acceptors (Lipinski definition) is 5. The molecule has 2 heterocycles. The summed E-state index contributed by atoms with van der Waals surface area (Å²) in [5, 5.41) is 15.4. The summed E-state index contributed by atoms with van der Waals surface area (Å²) in [6.07, 6.45) is 1.57. The van der Waals surface area contributed by atoms with Crippen molar-refractivity contribution in [2.24, 2.45) is 12.8 Å². The van der Waals surface area contributed by atoms with E-state index in [1.54, 1.807) is 13.2 Å². The van der Waals surface area contributed by atoms with Crippen LogP contribution in [0.25, 0.3) is 10.9 Å². The standard InChI is InChI=1S/C13H12N6OS/c1-19-12(20)17-18-13(19)21-10-7-4-2-3-5-9(7)16-6-8(10)11(14)15/h2-6H,1H3,(H3,14,15)(H,17,20). The molecule has 106 valence electrons. The number of nitrogens with zero attached hydrogens (tertiary/aromatic N) is 3. The maximum Gasteiger partial charge on any atom is 0.343 e. The van der Waals surface area contributed by atoms with E-state index >= 15 is 0 Å². The largest absolute Gasteiger partial charge is 0.384 e. The van der Waals surface area contributed by atoms with Gasteiger partial charge in [0.15, 0.2) is 5.16 Å². The minimum absolute atomic E-state index is 0.0729. The van der Waals surface area contributed by atoms with Crippen LogP contribution in [0.4, 0.5) is 0 Å². The van der Waals surface area contributed by atoms with Crippen LogP contribution in [0, 0.1) is 5.41 Å². The lowest BCUT2D eigenvalue weighted by molar-refractivity contribution is 0.766. The molecule has 0 aliphatic rings. The van der Waals surface area contributed by atoms with Crippen molar-refractivity contribution in [3.63, 3.8) is 0 Å². The van der Waals surface area contributed by atoms with Crippen LogP contribution in [-0.2, 0) is 7.05 Å². The van der Waals surface area contributed by atoms with E-state index in [2.05, 4.69) is 15.2 Å². The molecule has 0 unspecified atom stereocenters. The van der Waals surface area contributed by atoms with Gasteiger partial charge in [-0.05, 0) is 17.8 Å². The second kappa shape index (κ2) is 5.06. The van der Waals surface area contributed by atoms with Crippen LogP contribution in [0.3, 0.4) is 0 Å². The van der Waals surface area contributed by atoms with Crippen molar-refractivity contribution in [2.45, 2.75) is 10.1 Å². The zero-order chi connectivity index (χ0) is 15.0. The van der Waals surface area contributed by atoms with Gasteiger partial charge in [0.05, 0.1) is 5.52 Å². The zero-order valence-corrected chi connectivity index (χ0v) is 11.9. The second-order valence-electron chi connectivity index (χ2n) is 4.40. The van der Waals surface area contributed by atoms with Gasteiger partial charge in [-0.25, -0.2) is 9.89 Å². The minimum atomic E-state index is -0.291. The van der Waals surface area contributed by atoms with Crippen molar-refractivity contribution >= 4 is 28.5 Å². The first kappa shape index (κ1) is 13.4. The SMILES string of the molecule is Cn1c(Sc2c(C(=N)N)cnc3ccccc23)n[nH]c1=O. The number of hydrogen-bond donors (Lipinski definition) is 3. The lowest BCUT2D eigenvalue weighted by Gasteiger charge is -2.10. The fourth-order valence-corrected chi connectivity index (χ4v) is 2.98. The number of nitrogen functional groups attached to an aromatic ring is 1. The average Bonchev–Trinajstić information content (AvgIpc) is 2.79. The normalized spacial score (nSPS) is 10.9. The molecule has 3 aromatic rings. The van der Waals surface area contributed by atoms with Gasteiger partial charge in [-0.1, -0.05) is 18.2 Å². The molecular weight excluding hydrogens is 288 g/mol. The van der Waals surface area contributed by atoms with Crippen LogP contribution in [-0.4, -0.2) is 25.6 Å². The highest BCUT2D eigenvalue weighted by molar-refractivity contribution is 7.99. The van der Waals surface area contributed by atoms with Gasteiger partial charge in [0.1, 0.15) is 5.84 Å². The summed E-state index contributed by atoms with van der Waals surface area (Å²) >= 11 is 1.28. The highest BCUT2D eigenvalue weighted by Gasteiger charge is 2.15. The summed E-state index contributed by atoms with van der Waals surface area (Å²) < 4.78 is 1.41. The first-order valence-electron chi connectivity index (χ1n) is 6.09. The zero-order valence-electron chi connectivity index (χ0n) is 11.1. The third kappa shape index (κ3) is 2.29. The average molecular weight is 300 g/mol. The minimum Gasteiger partial charge on any atom is -0.384 e. The fourth-order valence-electron chi connectivity index (χ4n) is 1.93.